The van der Waals surface area contributed by atoms with Gasteiger partial charge in [-0.2, -0.15) is 0 Å². The number of carbonyl (C=O) groups excluding carboxylic acids is 3. The summed E-state index contributed by atoms with van der Waals surface area (Å²) >= 11 is 0. The number of amides is 2. The van der Waals surface area contributed by atoms with E-state index in [4.69, 9.17) is 4.74 Å². The summed E-state index contributed by atoms with van der Waals surface area (Å²) in [7, 11) is 1.28. The van der Waals surface area contributed by atoms with Gasteiger partial charge in [0.25, 0.3) is 0 Å². The third-order valence-electron chi connectivity index (χ3n) is 3.94. The zero-order valence-corrected chi connectivity index (χ0v) is 15.3. The van der Waals surface area contributed by atoms with Crippen LogP contribution in [0.4, 0.5) is 11.4 Å². The van der Waals surface area contributed by atoms with Gasteiger partial charge < -0.3 is 15.0 Å². The summed E-state index contributed by atoms with van der Waals surface area (Å²) in [6.45, 7) is 5.07. The maximum Gasteiger partial charge on any atom is 0.339 e. The first-order valence-corrected chi connectivity index (χ1v) is 8.16. The van der Waals surface area contributed by atoms with Gasteiger partial charge in [0.15, 0.2) is 0 Å². The van der Waals surface area contributed by atoms with Crippen molar-refractivity contribution in [3.05, 3.63) is 59.2 Å². The Kier molecular flexibility index (Phi) is 6.11. The minimum atomic E-state index is -0.543. The molecule has 2 aromatic carbocycles. The van der Waals surface area contributed by atoms with Crippen LogP contribution in [0.25, 0.3) is 0 Å². The van der Waals surface area contributed by atoms with Gasteiger partial charge in [0.2, 0.25) is 11.8 Å². The van der Waals surface area contributed by atoms with E-state index in [0.717, 1.165) is 11.1 Å². The second-order valence-electron chi connectivity index (χ2n) is 5.98. The number of anilines is 2. The van der Waals surface area contributed by atoms with Crippen LogP contribution in [0.1, 0.15) is 28.4 Å². The van der Waals surface area contributed by atoms with Crippen molar-refractivity contribution in [3.63, 3.8) is 0 Å². The van der Waals surface area contributed by atoms with Crippen molar-refractivity contribution in [2.75, 3.05) is 23.9 Å². The third kappa shape index (κ3) is 4.47. The lowest BCUT2D eigenvalue weighted by Gasteiger charge is -2.23. The van der Waals surface area contributed by atoms with E-state index in [0.29, 0.717) is 11.4 Å². The van der Waals surface area contributed by atoms with Crippen LogP contribution in [0.2, 0.25) is 0 Å². The highest BCUT2D eigenvalue weighted by molar-refractivity contribution is 6.05. The molecule has 1 N–H and O–H groups in total. The molecule has 2 amide bonds. The number of nitrogens with zero attached hydrogens (tertiary/aromatic N) is 1. The van der Waals surface area contributed by atoms with Crippen LogP contribution in [0.15, 0.2) is 42.5 Å². The number of hydrogen-bond donors (Lipinski definition) is 1. The molecule has 0 aromatic heterocycles. The lowest BCUT2D eigenvalue weighted by atomic mass is 10.1. The Labute approximate surface area is 152 Å². The van der Waals surface area contributed by atoms with E-state index in [2.05, 4.69) is 5.32 Å². The van der Waals surface area contributed by atoms with Crippen LogP contribution >= 0.6 is 0 Å². The summed E-state index contributed by atoms with van der Waals surface area (Å²) < 4.78 is 4.72. The fraction of sp³-hybridized carbons (Fsp3) is 0.250. The van der Waals surface area contributed by atoms with Gasteiger partial charge >= 0.3 is 5.97 Å². The Morgan fingerprint density at radius 2 is 1.77 bits per heavy atom. The number of esters is 1. The predicted octanol–water partition coefficient (Wildman–Crippen LogP) is 3.08. The molecule has 6 nitrogen and oxygen atoms in total. The first-order valence-electron chi connectivity index (χ1n) is 8.16. The van der Waals surface area contributed by atoms with Crippen LogP contribution in [0.5, 0.6) is 0 Å². The van der Waals surface area contributed by atoms with Crippen molar-refractivity contribution in [3.8, 4) is 0 Å². The topological polar surface area (TPSA) is 75.7 Å². The SMILES string of the molecule is COC(=O)c1ccccc1NC(=O)CN(C(C)=O)c1cc(C)ccc1C. The van der Waals surface area contributed by atoms with E-state index < -0.39 is 11.9 Å². The van der Waals surface area contributed by atoms with E-state index in [-0.39, 0.29) is 18.0 Å². The van der Waals surface area contributed by atoms with Gasteiger partial charge in [-0.3, -0.25) is 9.59 Å². The number of benzene rings is 2. The number of hydrogen-bond acceptors (Lipinski definition) is 4. The standard InChI is InChI=1S/C20H22N2O4/c1-13-9-10-14(2)18(11-13)22(15(3)23)12-19(24)21-17-8-6-5-7-16(17)20(25)26-4/h5-11H,12H2,1-4H3,(H,21,24). The molecule has 0 unspecified atom stereocenters. The molecule has 0 fully saturated rings. The lowest BCUT2D eigenvalue weighted by molar-refractivity contribution is -0.120. The first-order chi connectivity index (χ1) is 12.3. The zero-order chi connectivity index (χ0) is 19.3. The molecule has 0 aliphatic carbocycles. The molecule has 0 saturated heterocycles. The van der Waals surface area contributed by atoms with E-state index in [9.17, 15) is 14.4 Å². The summed E-state index contributed by atoms with van der Waals surface area (Å²) in [6, 6.07) is 12.3. The number of nitrogens with one attached hydrogen (secondary N) is 1. The first kappa shape index (κ1) is 19.2. The van der Waals surface area contributed by atoms with Gasteiger partial charge in [0, 0.05) is 12.6 Å². The molecule has 0 heterocycles. The van der Waals surface area contributed by atoms with E-state index in [1.54, 1.807) is 24.3 Å². The summed E-state index contributed by atoms with van der Waals surface area (Å²) in [5, 5.41) is 2.68. The second kappa shape index (κ2) is 8.29. The number of ether oxygens (including phenoxy) is 1. The molecule has 0 aliphatic heterocycles. The zero-order valence-electron chi connectivity index (χ0n) is 15.3. The summed E-state index contributed by atoms with van der Waals surface area (Å²) in [5.41, 5.74) is 3.18. The van der Waals surface area contributed by atoms with E-state index in [1.807, 2.05) is 32.0 Å². The van der Waals surface area contributed by atoms with Crippen LogP contribution < -0.4 is 10.2 Å². The molecule has 0 radical (unpaired) electrons. The van der Waals surface area contributed by atoms with Crippen molar-refractivity contribution in [2.45, 2.75) is 20.8 Å². The number of para-hydroxylation sites is 1. The summed E-state index contributed by atoms with van der Waals surface area (Å²) in [5.74, 6) is -1.19. The van der Waals surface area contributed by atoms with Gasteiger partial charge in [-0.1, -0.05) is 24.3 Å². The normalized spacial score (nSPS) is 10.2. The van der Waals surface area contributed by atoms with Gasteiger partial charge in [0.05, 0.1) is 18.4 Å². The van der Waals surface area contributed by atoms with Crippen molar-refractivity contribution in [1.29, 1.82) is 0 Å². The smallest absolute Gasteiger partial charge is 0.339 e. The van der Waals surface area contributed by atoms with Crippen LogP contribution in [-0.2, 0) is 14.3 Å². The molecule has 2 aromatic rings. The maximum absolute atomic E-state index is 12.5. The van der Waals surface area contributed by atoms with Gasteiger partial charge in [-0.15, -0.1) is 0 Å². The second-order valence-corrected chi connectivity index (χ2v) is 5.98. The average molecular weight is 354 g/mol. The highest BCUT2D eigenvalue weighted by Crippen LogP contribution is 2.22. The van der Waals surface area contributed by atoms with Crippen LogP contribution in [0.3, 0.4) is 0 Å². The summed E-state index contributed by atoms with van der Waals surface area (Å²) in [6.07, 6.45) is 0. The van der Waals surface area contributed by atoms with Gasteiger partial charge in [-0.05, 0) is 43.2 Å². The number of carbonyl (C=O) groups is 3. The van der Waals surface area contributed by atoms with E-state index in [1.165, 1.54) is 18.9 Å². The fourth-order valence-electron chi connectivity index (χ4n) is 2.59. The molecule has 26 heavy (non-hydrogen) atoms. The van der Waals surface area contributed by atoms with Gasteiger partial charge in [-0.25, -0.2) is 4.79 Å². The Hall–Kier alpha value is -3.15. The molecule has 0 aliphatic rings. The average Bonchev–Trinajstić information content (AvgIpc) is 2.61. The molecule has 0 saturated carbocycles. The monoisotopic (exact) mass is 354 g/mol. The summed E-state index contributed by atoms with van der Waals surface area (Å²) in [4.78, 5) is 37.8. The van der Waals surface area contributed by atoms with E-state index >= 15 is 0 Å². The molecular formula is C20H22N2O4. The van der Waals surface area contributed by atoms with Crippen LogP contribution in [-0.4, -0.2) is 31.4 Å². The Balaban J connectivity index is 2.23. The van der Waals surface area contributed by atoms with Crippen molar-refractivity contribution in [1.82, 2.24) is 0 Å². The maximum atomic E-state index is 12.5. The lowest BCUT2D eigenvalue weighted by Crippen LogP contribution is -2.37. The van der Waals surface area contributed by atoms with Crippen molar-refractivity contribution >= 4 is 29.2 Å². The van der Waals surface area contributed by atoms with Crippen LogP contribution in [0, 0.1) is 13.8 Å². The molecule has 0 bridgehead atoms. The largest absolute Gasteiger partial charge is 0.465 e. The highest BCUT2D eigenvalue weighted by atomic mass is 16.5. The molecule has 136 valence electrons. The highest BCUT2D eigenvalue weighted by Gasteiger charge is 2.19. The minimum Gasteiger partial charge on any atom is -0.465 e. The molecule has 0 spiro atoms. The molecular weight excluding hydrogens is 332 g/mol. The third-order valence-corrected chi connectivity index (χ3v) is 3.94. The Morgan fingerprint density at radius 1 is 1.08 bits per heavy atom. The molecule has 6 heteroatoms. The quantitative estimate of drug-likeness (QED) is 0.837. The minimum absolute atomic E-state index is 0.158. The molecule has 0 atom stereocenters. The van der Waals surface area contributed by atoms with Crippen molar-refractivity contribution in [2.24, 2.45) is 0 Å². The number of aryl methyl sites for hydroxylation is 2. The predicted molar refractivity (Wildman–Crippen MR) is 100 cm³/mol. The van der Waals surface area contributed by atoms with Crippen molar-refractivity contribution < 1.29 is 19.1 Å². The Morgan fingerprint density at radius 3 is 2.42 bits per heavy atom. The molecule has 2 rings (SSSR count). The number of methoxy groups -OCH3 is 1. The number of rotatable bonds is 5. The fourth-order valence-corrected chi connectivity index (χ4v) is 2.59. The Bertz CT molecular complexity index is 845. The van der Waals surface area contributed by atoms with Gasteiger partial charge in [0.1, 0.15) is 6.54 Å².